The highest BCUT2D eigenvalue weighted by atomic mass is 16.6. The molecule has 0 bridgehead atoms. The van der Waals surface area contributed by atoms with Crippen molar-refractivity contribution in [2.45, 2.75) is 13.3 Å². The minimum absolute atomic E-state index is 0.0761. The highest BCUT2D eigenvalue weighted by Crippen LogP contribution is 2.18. The molecule has 0 aliphatic rings. The third-order valence-electron chi connectivity index (χ3n) is 2.89. The van der Waals surface area contributed by atoms with E-state index >= 15 is 0 Å². The SMILES string of the molecule is COC(=O)CCN(C)C(=O)c1cc([N+](=O)[O-])ccc1C. The van der Waals surface area contributed by atoms with Crippen LogP contribution in [0.15, 0.2) is 18.2 Å². The molecule has 0 fully saturated rings. The molecular formula is C13H16N2O5. The van der Waals surface area contributed by atoms with Crippen molar-refractivity contribution >= 4 is 17.6 Å². The Hall–Kier alpha value is -2.44. The number of non-ortho nitro benzene ring substituents is 1. The Morgan fingerprint density at radius 1 is 1.40 bits per heavy atom. The fraction of sp³-hybridized carbons (Fsp3) is 0.385. The van der Waals surface area contributed by atoms with Gasteiger partial charge in [0.05, 0.1) is 18.5 Å². The number of ether oxygens (including phenoxy) is 1. The van der Waals surface area contributed by atoms with Crippen LogP contribution >= 0.6 is 0 Å². The lowest BCUT2D eigenvalue weighted by molar-refractivity contribution is -0.384. The minimum Gasteiger partial charge on any atom is -0.469 e. The number of methoxy groups -OCH3 is 1. The molecule has 20 heavy (non-hydrogen) atoms. The molecule has 7 nitrogen and oxygen atoms in total. The van der Waals surface area contributed by atoms with Crippen LogP contribution in [0.25, 0.3) is 0 Å². The van der Waals surface area contributed by atoms with Gasteiger partial charge in [0.2, 0.25) is 0 Å². The standard InChI is InChI=1S/C13H16N2O5/c1-9-4-5-10(15(18)19)8-11(9)13(17)14(2)7-6-12(16)20-3/h4-5,8H,6-7H2,1-3H3. The first-order valence-electron chi connectivity index (χ1n) is 5.94. The smallest absolute Gasteiger partial charge is 0.307 e. The van der Waals surface area contributed by atoms with Crippen molar-refractivity contribution in [3.8, 4) is 0 Å². The van der Waals surface area contributed by atoms with Gasteiger partial charge in [-0.25, -0.2) is 0 Å². The molecule has 1 aromatic carbocycles. The van der Waals surface area contributed by atoms with Crippen molar-refractivity contribution in [2.75, 3.05) is 20.7 Å². The molecule has 1 amide bonds. The summed E-state index contributed by atoms with van der Waals surface area (Å²) in [6.07, 6.45) is 0.0761. The molecule has 0 aliphatic heterocycles. The fourth-order valence-corrected chi connectivity index (χ4v) is 1.62. The topological polar surface area (TPSA) is 89.8 Å². The first-order chi connectivity index (χ1) is 9.36. The zero-order chi connectivity index (χ0) is 15.3. The largest absolute Gasteiger partial charge is 0.469 e. The van der Waals surface area contributed by atoms with E-state index in [0.29, 0.717) is 5.56 Å². The number of nitro groups is 1. The first-order valence-corrected chi connectivity index (χ1v) is 5.94. The summed E-state index contributed by atoms with van der Waals surface area (Å²) in [6.45, 7) is 1.89. The summed E-state index contributed by atoms with van der Waals surface area (Å²) < 4.78 is 4.49. The van der Waals surface area contributed by atoms with Crippen LogP contribution < -0.4 is 0 Å². The molecule has 0 saturated carbocycles. The molecule has 1 rings (SSSR count). The summed E-state index contributed by atoms with van der Waals surface area (Å²) in [4.78, 5) is 34.7. The molecule has 0 atom stereocenters. The predicted octanol–water partition coefficient (Wildman–Crippen LogP) is 1.54. The van der Waals surface area contributed by atoms with E-state index in [1.54, 1.807) is 6.92 Å². The van der Waals surface area contributed by atoms with Gasteiger partial charge in [0.15, 0.2) is 0 Å². The van der Waals surface area contributed by atoms with Crippen molar-refractivity contribution in [2.24, 2.45) is 0 Å². The van der Waals surface area contributed by atoms with Gasteiger partial charge in [-0.2, -0.15) is 0 Å². The maximum absolute atomic E-state index is 12.2. The maximum Gasteiger partial charge on any atom is 0.307 e. The molecule has 0 aliphatic carbocycles. The second-order valence-corrected chi connectivity index (χ2v) is 4.31. The van der Waals surface area contributed by atoms with Crippen LogP contribution in [0.1, 0.15) is 22.3 Å². The van der Waals surface area contributed by atoms with E-state index in [0.717, 1.165) is 0 Å². The Morgan fingerprint density at radius 2 is 2.05 bits per heavy atom. The number of carbonyl (C=O) groups is 2. The van der Waals surface area contributed by atoms with E-state index in [1.807, 2.05) is 0 Å². The van der Waals surface area contributed by atoms with Gasteiger partial charge >= 0.3 is 5.97 Å². The lowest BCUT2D eigenvalue weighted by atomic mass is 10.1. The second kappa shape index (κ2) is 6.65. The number of carbonyl (C=O) groups excluding carboxylic acids is 2. The molecular weight excluding hydrogens is 264 g/mol. The lowest BCUT2D eigenvalue weighted by Crippen LogP contribution is -2.29. The lowest BCUT2D eigenvalue weighted by Gasteiger charge is -2.17. The molecule has 7 heteroatoms. The minimum atomic E-state index is -0.551. The van der Waals surface area contributed by atoms with Crippen LogP contribution in [0.2, 0.25) is 0 Å². The number of nitrogens with zero attached hydrogens (tertiary/aromatic N) is 2. The van der Waals surface area contributed by atoms with Gasteiger partial charge in [0.1, 0.15) is 0 Å². The Kier molecular flexibility index (Phi) is 5.19. The highest BCUT2D eigenvalue weighted by Gasteiger charge is 2.18. The first kappa shape index (κ1) is 15.6. The molecule has 0 unspecified atom stereocenters. The van der Waals surface area contributed by atoms with Crippen LogP contribution in [0, 0.1) is 17.0 Å². The summed E-state index contributed by atoms with van der Waals surface area (Å²) in [5, 5.41) is 10.7. The molecule has 0 N–H and O–H groups in total. The summed E-state index contributed by atoms with van der Waals surface area (Å²) in [5.74, 6) is -0.782. The van der Waals surface area contributed by atoms with E-state index in [9.17, 15) is 19.7 Å². The fourth-order valence-electron chi connectivity index (χ4n) is 1.62. The predicted molar refractivity (Wildman–Crippen MR) is 71.4 cm³/mol. The Balaban J connectivity index is 2.88. The zero-order valence-corrected chi connectivity index (χ0v) is 11.6. The van der Waals surface area contributed by atoms with Crippen molar-refractivity contribution in [3.63, 3.8) is 0 Å². The quantitative estimate of drug-likeness (QED) is 0.463. The van der Waals surface area contributed by atoms with E-state index in [1.165, 1.54) is 37.3 Å². The summed E-state index contributed by atoms with van der Waals surface area (Å²) in [5.41, 5.74) is 0.761. The van der Waals surface area contributed by atoms with Crippen LogP contribution in [-0.2, 0) is 9.53 Å². The normalized spacial score (nSPS) is 9.95. The summed E-state index contributed by atoms with van der Waals surface area (Å²) in [7, 11) is 2.80. The average molecular weight is 280 g/mol. The third-order valence-corrected chi connectivity index (χ3v) is 2.89. The Labute approximate surface area is 116 Å². The number of aryl methyl sites for hydroxylation is 1. The molecule has 1 aromatic rings. The second-order valence-electron chi connectivity index (χ2n) is 4.31. The number of benzene rings is 1. The Morgan fingerprint density at radius 3 is 2.60 bits per heavy atom. The maximum atomic E-state index is 12.2. The van der Waals surface area contributed by atoms with Crippen molar-refractivity contribution in [1.29, 1.82) is 0 Å². The molecule has 0 radical (unpaired) electrons. The molecule has 108 valence electrons. The van der Waals surface area contributed by atoms with Gasteiger partial charge in [0.25, 0.3) is 11.6 Å². The van der Waals surface area contributed by atoms with Crippen LogP contribution in [0.3, 0.4) is 0 Å². The monoisotopic (exact) mass is 280 g/mol. The number of amides is 1. The molecule has 0 spiro atoms. The number of hydrogen-bond acceptors (Lipinski definition) is 5. The molecule has 0 saturated heterocycles. The van der Waals surface area contributed by atoms with Gasteiger partial charge < -0.3 is 9.64 Å². The van der Waals surface area contributed by atoms with Crippen LogP contribution in [0.5, 0.6) is 0 Å². The van der Waals surface area contributed by atoms with Crippen molar-refractivity contribution in [1.82, 2.24) is 4.90 Å². The van der Waals surface area contributed by atoms with Gasteiger partial charge in [-0.05, 0) is 12.5 Å². The molecule has 0 heterocycles. The molecule has 0 aromatic heterocycles. The van der Waals surface area contributed by atoms with Crippen LogP contribution in [-0.4, -0.2) is 42.4 Å². The number of rotatable bonds is 5. The van der Waals surface area contributed by atoms with Gasteiger partial charge in [0, 0.05) is 31.3 Å². The van der Waals surface area contributed by atoms with Gasteiger partial charge in [-0.3, -0.25) is 19.7 Å². The number of esters is 1. The van der Waals surface area contributed by atoms with E-state index < -0.39 is 10.9 Å². The van der Waals surface area contributed by atoms with Crippen LogP contribution in [0.4, 0.5) is 5.69 Å². The Bertz CT molecular complexity index is 542. The van der Waals surface area contributed by atoms with Crippen molar-refractivity contribution in [3.05, 3.63) is 39.4 Å². The summed E-state index contributed by atoms with van der Waals surface area (Å²) in [6, 6.07) is 4.12. The highest BCUT2D eigenvalue weighted by molar-refractivity contribution is 5.96. The van der Waals surface area contributed by atoms with Gasteiger partial charge in [-0.15, -0.1) is 0 Å². The van der Waals surface area contributed by atoms with E-state index in [-0.39, 0.29) is 30.1 Å². The number of hydrogen-bond donors (Lipinski definition) is 0. The van der Waals surface area contributed by atoms with E-state index in [4.69, 9.17) is 0 Å². The van der Waals surface area contributed by atoms with E-state index in [2.05, 4.69) is 4.74 Å². The summed E-state index contributed by atoms with van der Waals surface area (Å²) >= 11 is 0. The number of nitro benzene ring substituents is 1. The third kappa shape index (κ3) is 3.78. The van der Waals surface area contributed by atoms with Crippen molar-refractivity contribution < 1.29 is 19.2 Å². The zero-order valence-electron chi connectivity index (χ0n) is 11.6. The average Bonchev–Trinajstić information content (AvgIpc) is 2.43. The van der Waals surface area contributed by atoms with Gasteiger partial charge in [-0.1, -0.05) is 6.07 Å².